The van der Waals surface area contributed by atoms with E-state index in [1.165, 1.54) is 0 Å². The Morgan fingerprint density at radius 1 is 1.25 bits per heavy atom. The second kappa shape index (κ2) is 6.93. The summed E-state index contributed by atoms with van der Waals surface area (Å²) in [6.07, 6.45) is 0.462. The zero-order valence-electron chi connectivity index (χ0n) is 12.4. The molecule has 1 rings (SSSR count). The fraction of sp³-hybridized carbons (Fsp3) is 0.467. The molecule has 3 N–H and O–H groups in total. The van der Waals surface area contributed by atoms with E-state index in [4.69, 9.17) is 10.5 Å². The van der Waals surface area contributed by atoms with Crippen molar-refractivity contribution in [1.82, 2.24) is 5.32 Å². The number of benzene rings is 1. The monoisotopic (exact) mass is 278 g/mol. The van der Waals surface area contributed by atoms with Crippen molar-refractivity contribution in [2.24, 2.45) is 5.73 Å². The molecule has 0 spiro atoms. The van der Waals surface area contributed by atoms with E-state index in [1.54, 1.807) is 6.92 Å². The maximum atomic E-state index is 11.7. The second-order valence-corrected chi connectivity index (χ2v) is 4.95. The first-order chi connectivity index (χ1) is 9.35. The predicted molar refractivity (Wildman–Crippen MR) is 77.6 cm³/mol. The van der Waals surface area contributed by atoms with Gasteiger partial charge < -0.3 is 15.8 Å². The number of aryl methyl sites for hydroxylation is 3. The second-order valence-electron chi connectivity index (χ2n) is 4.95. The molecule has 2 amide bonds. The third-order valence-corrected chi connectivity index (χ3v) is 3.04. The van der Waals surface area contributed by atoms with Crippen LogP contribution in [0.2, 0.25) is 0 Å². The van der Waals surface area contributed by atoms with Crippen LogP contribution in [-0.2, 0) is 9.59 Å². The molecule has 0 radical (unpaired) electrons. The summed E-state index contributed by atoms with van der Waals surface area (Å²) in [5.41, 5.74) is 8.29. The number of hydrogen-bond donors (Lipinski definition) is 2. The number of carbonyl (C=O) groups excluding carboxylic acids is 2. The van der Waals surface area contributed by atoms with Crippen molar-refractivity contribution < 1.29 is 14.3 Å². The van der Waals surface area contributed by atoms with Crippen LogP contribution in [0.3, 0.4) is 0 Å². The van der Waals surface area contributed by atoms with E-state index in [0.717, 1.165) is 16.7 Å². The molecule has 0 saturated heterocycles. The van der Waals surface area contributed by atoms with Gasteiger partial charge in [0.15, 0.2) is 6.61 Å². The van der Waals surface area contributed by atoms with Gasteiger partial charge in [0.05, 0.1) is 0 Å². The standard InChI is InChI=1S/C15H22N2O3/c1-5-12(15(16)19)17-13(18)8-20-14-10(3)6-9(2)7-11(14)4/h6-7,12H,5,8H2,1-4H3,(H2,16,19)(H,17,18). The molecule has 1 unspecified atom stereocenters. The van der Waals surface area contributed by atoms with E-state index in [9.17, 15) is 9.59 Å². The summed E-state index contributed by atoms with van der Waals surface area (Å²) in [6, 6.07) is 3.35. The van der Waals surface area contributed by atoms with Gasteiger partial charge in [-0.3, -0.25) is 9.59 Å². The van der Waals surface area contributed by atoms with E-state index in [-0.39, 0.29) is 12.5 Å². The normalized spacial score (nSPS) is 11.8. The number of hydrogen-bond acceptors (Lipinski definition) is 3. The summed E-state index contributed by atoms with van der Waals surface area (Å²) in [7, 11) is 0. The summed E-state index contributed by atoms with van der Waals surface area (Å²) in [5, 5.41) is 2.55. The highest BCUT2D eigenvalue weighted by molar-refractivity contribution is 5.87. The van der Waals surface area contributed by atoms with Crippen molar-refractivity contribution in [3.05, 3.63) is 28.8 Å². The minimum Gasteiger partial charge on any atom is -0.483 e. The maximum Gasteiger partial charge on any atom is 0.258 e. The van der Waals surface area contributed by atoms with Gasteiger partial charge >= 0.3 is 0 Å². The number of rotatable bonds is 6. The molecule has 0 aliphatic rings. The molecular formula is C15H22N2O3. The van der Waals surface area contributed by atoms with Crippen LogP contribution in [-0.4, -0.2) is 24.5 Å². The fourth-order valence-electron chi connectivity index (χ4n) is 2.14. The number of amides is 2. The number of carbonyl (C=O) groups is 2. The van der Waals surface area contributed by atoms with Crippen LogP contribution in [0.25, 0.3) is 0 Å². The van der Waals surface area contributed by atoms with Gasteiger partial charge in [-0.25, -0.2) is 0 Å². The summed E-state index contributed by atoms with van der Waals surface area (Å²) in [4.78, 5) is 22.8. The minimum absolute atomic E-state index is 0.130. The molecule has 5 heteroatoms. The smallest absolute Gasteiger partial charge is 0.258 e. The lowest BCUT2D eigenvalue weighted by Gasteiger charge is -2.15. The summed E-state index contributed by atoms with van der Waals surface area (Å²) in [6.45, 7) is 7.53. The largest absolute Gasteiger partial charge is 0.483 e. The number of nitrogens with one attached hydrogen (secondary N) is 1. The van der Waals surface area contributed by atoms with Gasteiger partial charge in [-0.05, 0) is 38.3 Å². The van der Waals surface area contributed by atoms with Crippen molar-refractivity contribution >= 4 is 11.8 Å². The molecule has 20 heavy (non-hydrogen) atoms. The number of nitrogens with two attached hydrogens (primary N) is 1. The Labute approximate surface area is 119 Å². The van der Waals surface area contributed by atoms with E-state index >= 15 is 0 Å². The van der Waals surface area contributed by atoms with Crippen LogP contribution in [0.5, 0.6) is 5.75 Å². The third kappa shape index (κ3) is 4.26. The minimum atomic E-state index is -0.647. The molecule has 0 heterocycles. The summed E-state index contributed by atoms with van der Waals surface area (Å²) < 4.78 is 5.55. The number of primary amides is 1. The lowest BCUT2D eigenvalue weighted by Crippen LogP contribution is -2.45. The zero-order valence-corrected chi connectivity index (χ0v) is 12.4. The highest BCUT2D eigenvalue weighted by atomic mass is 16.5. The highest BCUT2D eigenvalue weighted by Gasteiger charge is 2.16. The zero-order chi connectivity index (χ0) is 15.3. The van der Waals surface area contributed by atoms with E-state index in [2.05, 4.69) is 5.32 Å². The van der Waals surface area contributed by atoms with Gasteiger partial charge in [0.2, 0.25) is 5.91 Å². The molecular weight excluding hydrogens is 256 g/mol. The van der Waals surface area contributed by atoms with Crippen LogP contribution >= 0.6 is 0 Å². The van der Waals surface area contributed by atoms with Crippen LogP contribution < -0.4 is 15.8 Å². The molecule has 0 bridgehead atoms. The van der Waals surface area contributed by atoms with Crippen molar-refractivity contribution in [3.8, 4) is 5.75 Å². The Balaban J connectivity index is 2.64. The molecule has 1 atom stereocenters. The Morgan fingerprint density at radius 3 is 2.25 bits per heavy atom. The Hall–Kier alpha value is -2.04. The average Bonchev–Trinajstić information content (AvgIpc) is 2.34. The summed E-state index contributed by atoms with van der Waals surface area (Å²) in [5.74, 6) is -0.184. The predicted octanol–water partition coefficient (Wildman–Crippen LogP) is 1.37. The van der Waals surface area contributed by atoms with Crippen LogP contribution in [0.1, 0.15) is 30.0 Å². The van der Waals surface area contributed by atoms with Crippen molar-refractivity contribution in [2.75, 3.05) is 6.61 Å². The van der Waals surface area contributed by atoms with Crippen LogP contribution in [0, 0.1) is 20.8 Å². The molecule has 0 aromatic heterocycles. The first-order valence-electron chi connectivity index (χ1n) is 6.64. The fourth-order valence-corrected chi connectivity index (χ4v) is 2.14. The Morgan fingerprint density at radius 2 is 1.80 bits per heavy atom. The lowest BCUT2D eigenvalue weighted by atomic mass is 10.1. The topological polar surface area (TPSA) is 81.4 Å². The molecule has 1 aromatic carbocycles. The van der Waals surface area contributed by atoms with Crippen molar-refractivity contribution in [3.63, 3.8) is 0 Å². The molecule has 1 aromatic rings. The first kappa shape index (κ1) is 16.0. The number of ether oxygens (including phenoxy) is 1. The van der Waals surface area contributed by atoms with Gasteiger partial charge in [0.1, 0.15) is 11.8 Å². The van der Waals surface area contributed by atoms with E-state index in [0.29, 0.717) is 12.2 Å². The molecule has 0 saturated carbocycles. The van der Waals surface area contributed by atoms with Crippen molar-refractivity contribution in [1.29, 1.82) is 0 Å². The van der Waals surface area contributed by atoms with Crippen LogP contribution in [0.15, 0.2) is 12.1 Å². The Kier molecular flexibility index (Phi) is 5.55. The van der Waals surface area contributed by atoms with E-state index < -0.39 is 11.9 Å². The SMILES string of the molecule is CCC(NC(=O)COc1c(C)cc(C)cc1C)C(N)=O. The Bertz CT molecular complexity index is 489. The van der Waals surface area contributed by atoms with Gasteiger partial charge in [-0.1, -0.05) is 24.6 Å². The lowest BCUT2D eigenvalue weighted by molar-refractivity contribution is -0.128. The van der Waals surface area contributed by atoms with Crippen LogP contribution in [0.4, 0.5) is 0 Å². The van der Waals surface area contributed by atoms with Gasteiger partial charge in [0, 0.05) is 0 Å². The molecule has 0 aliphatic heterocycles. The molecule has 110 valence electrons. The third-order valence-electron chi connectivity index (χ3n) is 3.04. The maximum absolute atomic E-state index is 11.7. The molecule has 0 fully saturated rings. The first-order valence-corrected chi connectivity index (χ1v) is 6.64. The van der Waals surface area contributed by atoms with E-state index in [1.807, 2.05) is 32.9 Å². The highest BCUT2D eigenvalue weighted by Crippen LogP contribution is 2.24. The molecule has 5 nitrogen and oxygen atoms in total. The molecule has 0 aliphatic carbocycles. The van der Waals surface area contributed by atoms with Gasteiger partial charge in [-0.15, -0.1) is 0 Å². The van der Waals surface area contributed by atoms with Gasteiger partial charge in [0.25, 0.3) is 5.91 Å². The van der Waals surface area contributed by atoms with Gasteiger partial charge in [-0.2, -0.15) is 0 Å². The summed E-state index contributed by atoms with van der Waals surface area (Å²) >= 11 is 0. The average molecular weight is 278 g/mol. The quantitative estimate of drug-likeness (QED) is 0.824. The van der Waals surface area contributed by atoms with Crippen molar-refractivity contribution in [2.45, 2.75) is 40.2 Å².